The molecule has 21 heavy (non-hydrogen) atoms. The van der Waals surface area contributed by atoms with E-state index in [2.05, 4.69) is 17.8 Å². The minimum atomic E-state index is -0.185. The summed E-state index contributed by atoms with van der Waals surface area (Å²) in [4.78, 5) is 25.9. The fraction of sp³-hybridized carbons (Fsp3) is 0.625. The molecule has 0 aromatic carbocycles. The largest absolute Gasteiger partial charge is 0.279 e. The molecule has 0 saturated heterocycles. The van der Waals surface area contributed by atoms with Gasteiger partial charge in [-0.05, 0) is 49.7 Å². The molecule has 0 radical (unpaired) electrons. The van der Waals surface area contributed by atoms with E-state index < -0.39 is 0 Å². The average molecular weight is 306 g/mol. The molecule has 0 unspecified atom stereocenters. The minimum absolute atomic E-state index is 0.0537. The molecule has 2 aliphatic rings. The van der Waals surface area contributed by atoms with Crippen LogP contribution in [0.4, 0.5) is 0 Å². The molecule has 5 heteroatoms. The molecule has 1 saturated carbocycles. The van der Waals surface area contributed by atoms with Crippen LogP contribution in [0.15, 0.2) is 6.07 Å². The normalized spacial score (nSPS) is 21.3. The lowest BCUT2D eigenvalue weighted by atomic mass is 9.85. The van der Waals surface area contributed by atoms with E-state index in [-0.39, 0.29) is 17.7 Å². The van der Waals surface area contributed by atoms with Gasteiger partial charge in [-0.1, -0.05) is 19.8 Å². The highest BCUT2D eigenvalue weighted by molar-refractivity contribution is 7.14. The zero-order valence-corrected chi connectivity index (χ0v) is 13.2. The summed E-state index contributed by atoms with van der Waals surface area (Å²) >= 11 is 1.57. The molecular formula is C16H22N2O2S. The number of carbonyl (C=O) groups is 2. The van der Waals surface area contributed by atoms with Crippen molar-refractivity contribution in [1.82, 2.24) is 10.9 Å². The van der Waals surface area contributed by atoms with Gasteiger partial charge in [0, 0.05) is 10.8 Å². The molecule has 1 fully saturated rings. The number of rotatable bonds is 3. The number of fused-ring (bicyclic) bond motifs is 1. The molecule has 2 N–H and O–H groups in total. The van der Waals surface area contributed by atoms with Gasteiger partial charge in [0.25, 0.3) is 5.91 Å². The maximum absolute atomic E-state index is 12.1. The molecule has 2 aliphatic carbocycles. The Balaban J connectivity index is 1.58. The number of hydrazine groups is 1. The van der Waals surface area contributed by atoms with Crippen molar-refractivity contribution in [1.29, 1.82) is 0 Å². The number of nitrogens with one attached hydrogen (secondary N) is 2. The van der Waals surface area contributed by atoms with Crippen LogP contribution >= 0.6 is 11.3 Å². The molecular weight excluding hydrogens is 284 g/mol. The molecule has 0 bridgehead atoms. The second kappa shape index (κ2) is 6.18. The van der Waals surface area contributed by atoms with E-state index in [1.54, 1.807) is 11.3 Å². The van der Waals surface area contributed by atoms with Crippen LogP contribution < -0.4 is 10.9 Å². The van der Waals surface area contributed by atoms with Crippen LogP contribution in [-0.4, -0.2) is 11.8 Å². The molecule has 2 amide bonds. The van der Waals surface area contributed by atoms with Crippen molar-refractivity contribution >= 4 is 23.2 Å². The first kappa shape index (κ1) is 14.6. The molecule has 0 spiro atoms. The van der Waals surface area contributed by atoms with Gasteiger partial charge < -0.3 is 0 Å². The van der Waals surface area contributed by atoms with Crippen molar-refractivity contribution in [2.45, 2.75) is 51.9 Å². The van der Waals surface area contributed by atoms with E-state index in [1.165, 1.54) is 23.3 Å². The van der Waals surface area contributed by atoms with Gasteiger partial charge in [-0.3, -0.25) is 20.4 Å². The number of carbonyl (C=O) groups excluding carboxylic acids is 2. The number of thiophene rings is 1. The van der Waals surface area contributed by atoms with Crippen LogP contribution in [0.25, 0.3) is 0 Å². The van der Waals surface area contributed by atoms with E-state index in [4.69, 9.17) is 0 Å². The van der Waals surface area contributed by atoms with Gasteiger partial charge in [0.1, 0.15) is 0 Å². The summed E-state index contributed by atoms with van der Waals surface area (Å²) in [7, 11) is 0. The van der Waals surface area contributed by atoms with Crippen LogP contribution in [-0.2, 0) is 17.6 Å². The third kappa shape index (κ3) is 3.12. The first-order valence-corrected chi connectivity index (χ1v) is 8.70. The van der Waals surface area contributed by atoms with E-state index in [1.807, 2.05) is 6.07 Å². The van der Waals surface area contributed by atoms with Crippen LogP contribution in [0.1, 0.15) is 59.1 Å². The van der Waals surface area contributed by atoms with Crippen molar-refractivity contribution in [2.75, 3.05) is 0 Å². The first-order chi connectivity index (χ1) is 10.2. The summed E-state index contributed by atoms with van der Waals surface area (Å²) in [6.45, 7) is 2.23. The van der Waals surface area contributed by atoms with Crippen molar-refractivity contribution < 1.29 is 9.59 Å². The smallest absolute Gasteiger partial charge is 0.273 e. The van der Waals surface area contributed by atoms with Gasteiger partial charge in [-0.15, -0.1) is 11.3 Å². The van der Waals surface area contributed by atoms with Gasteiger partial charge in [0.15, 0.2) is 0 Å². The number of amides is 2. The molecule has 1 atom stereocenters. The Hall–Kier alpha value is -1.36. The Morgan fingerprint density at radius 2 is 2.10 bits per heavy atom. The van der Waals surface area contributed by atoms with Gasteiger partial charge in [0.05, 0.1) is 4.88 Å². The minimum Gasteiger partial charge on any atom is -0.273 e. The fourth-order valence-electron chi connectivity index (χ4n) is 3.01. The molecule has 1 aromatic heterocycles. The monoisotopic (exact) mass is 306 g/mol. The lowest BCUT2D eigenvalue weighted by Crippen LogP contribution is -2.45. The third-order valence-corrected chi connectivity index (χ3v) is 6.00. The van der Waals surface area contributed by atoms with Gasteiger partial charge in [-0.2, -0.15) is 0 Å². The molecule has 3 rings (SSSR count). The lowest BCUT2D eigenvalue weighted by Gasteiger charge is -2.23. The lowest BCUT2D eigenvalue weighted by molar-refractivity contribution is -0.128. The number of hydrogen-bond acceptors (Lipinski definition) is 3. The summed E-state index contributed by atoms with van der Waals surface area (Å²) in [6.07, 6.45) is 7.59. The second-order valence-corrected chi connectivity index (χ2v) is 7.28. The SMILES string of the molecule is CC[C@H]1CCc2sc(C(=O)NNC(=O)C3CCC3)cc2C1. The summed E-state index contributed by atoms with van der Waals surface area (Å²) in [5.41, 5.74) is 6.43. The summed E-state index contributed by atoms with van der Waals surface area (Å²) in [6, 6.07) is 2.01. The Morgan fingerprint density at radius 1 is 1.29 bits per heavy atom. The van der Waals surface area contributed by atoms with E-state index in [0.29, 0.717) is 4.88 Å². The zero-order valence-electron chi connectivity index (χ0n) is 12.4. The Morgan fingerprint density at radius 3 is 2.76 bits per heavy atom. The third-order valence-electron chi connectivity index (χ3n) is 4.76. The van der Waals surface area contributed by atoms with Gasteiger partial charge in [-0.25, -0.2) is 0 Å². The van der Waals surface area contributed by atoms with E-state index >= 15 is 0 Å². The van der Waals surface area contributed by atoms with Gasteiger partial charge in [0.2, 0.25) is 5.91 Å². The predicted octanol–water partition coefficient (Wildman–Crippen LogP) is 2.82. The van der Waals surface area contributed by atoms with Crippen molar-refractivity contribution in [3.8, 4) is 0 Å². The number of hydrogen-bond donors (Lipinski definition) is 2. The number of aryl methyl sites for hydroxylation is 1. The van der Waals surface area contributed by atoms with Crippen LogP contribution in [0.2, 0.25) is 0 Å². The predicted molar refractivity (Wildman–Crippen MR) is 83.1 cm³/mol. The van der Waals surface area contributed by atoms with Crippen LogP contribution in [0.5, 0.6) is 0 Å². The molecule has 1 heterocycles. The topological polar surface area (TPSA) is 58.2 Å². The molecule has 4 nitrogen and oxygen atoms in total. The maximum atomic E-state index is 12.1. The zero-order chi connectivity index (χ0) is 14.8. The Kier molecular flexibility index (Phi) is 4.29. The molecule has 114 valence electrons. The quantitative estimate of drug-likeness (QED) is 0.844. The fourth-order valence-corrected chi connectivity index (χ4v) is 4.12. The van der Waals surface area contributed by atoms with Crippen LogP contribution in [0.3, 0.4) is 0 Å². The highest BCUT2D eigenvalue weighted by atomic mass is 32.1. The summed E-state index contributed by atoms with van der Waals surface area (Å²) < 4.78 is 0. The van der Waals surface area contributed by atoms with Crippen molar-refractivity contribution in [3.63, 3.8) is 0 Å². The standard InChI is InChI=1S/C16H22N2O2S/c1-2-10-6-7-13-12(8-10)9-14(21-13)16(20)18-17-15(19)11-4-3-5-11/h9-11H,2-8H2,1H3,(H,17,19)(H,18,20)/t10-/m0/s1. The maximum Gasteiger partial charge on any atom is 0.279 e. The van der Waals surface area contributed by atoms with Crippen molar-refractivity contribution in [2.24, 2.45) is 11.8 Å². The summed E-state index contributed by atoms with van der Waals surface area (Å²) in [5, 5.41) is 0. The Bertz CT molecular complexity index is 548. The first-order valence-electron chi connectivity index (χ1n) is 7.89. The highest BCUT2D eigenvalue weighted by Crippen LogP contribution is 2.33. The van der Waals surface area contributed by atoms with Crippen molar-refractivity contribution in [3.05, 3.63) is 21.4 Å². The van der Waals surface area contributed by atoms with Gasteiger partial charge >= 0.3 is 0 Å². The highest BCUT2D eigenvalue weighted by Gasteiger charge is 2.26. The molecule has 0 aliphatic heterocycles. The average Bonchev–Trinajstić information content (AvgIpc) is 2.85. The summed E-state index contributed by atoms with van der Waals surface area (Å²) in [5.74, 6) is 0.602. The van der Waals surface area contributed by atoms with E-state index in [0.717, 1.165) is 38.0 Å². The van der Waals surface area contributed by atoms with E-state index in [9.17, 15) is 9.59 Å². The second-order valence-electron chi connectivity index (χ2n) is 6.15. The van der Waals surface area contributed by atoms with Crippen LogP contribution in [0, 0.1) is 11.8 Å². The Labute approximate surface area is 129 Å². The molecule has 1 aromatic rings.